The molecule has 20 heavy (non-hydrogen) atoms. The van der Waals surface area contributed by atoms with E-state index in [0.717, 1.165) is 30.9 Å². The number of carbonyl (C=O) groups is 1. The first-order chi connectivity index (χ1) is 9.61. The van der Waals surface area contributed by atoms with E-state index in [-0.39, 0.29) is 0 Å². The maximum absolute atomic E-state index is 11.8. The number of hydrogen-bond donors (Lipinski definition) is 0. The molecule has 2 heteroatoms. The third-order valence-corrected chi connectivity index (χ3v) is 3.56. The minimum Gasteiger partial charge on any atom is -0.497 e. The number of ketones is 1. The molecule has 0 bridgehead atoms. The second kappa shape index (κ2) is 9.57. The lowest BCUT2D eigenvalue weighted by Crippen LogP contribution is -2.00. The Bertz CT molecular complexity index is 396. The molecule has 0 atom stereocenters. The lowest BCUT2D eigenvalue weighted by molar-refractivity contribution is -0.119. The fourth-order valence-corrected chi connectivity index (χ4v) is 2.29. The maximum Gasteiger partial charge on any atom is 0.133 e. The summed E-state index contributed by atoms with van der Waals surface area (Å²) in [7, 11) is 1.67. The van der Waals surface area contributed by atoms with Crippen LogP contribution in [0.25, 0.3) is 0 Å². The van der Waals surface area contributed by atoms with Gasteiger partial charge in [-0.25, -0.2) is 0 Å². The molecule has 0 amide bonds. The number of carbonyl (C=O) groups excluding carboxylic acids is 1. The molecule has 0 aliphatic heterocycles. The number of benzene rings is 1. The number of hydrogen-bond acceptors (Lipinski definition) is 2. The van der Waals surface area contributed by atoms with Crippen molar-refractivity contribution >= 4 is 5.78 Å². The smallest absolute Gasteiger partial charge is 0.133 e. The molecule has 0 saturated heterocycles. The average Bonchev–Trinajstić information content (AvgIpc) is 2.44. The van der Waals surface area contributed by atoms with Crippen LogP contribution in [0.3, 0.4) is 0 Å². The van der Waals surface area contributed by atoms with Crippen LogP contribution in [0.2, 0.25) is 0 Å². The van der Waals surface area contributed by atoms with Crippen LogP contribution in [-0.4, -0.2) is 12.9 Å². The molecular formula is C18H28O2. The van der Waals surface area contributed by atoms with Crippen molar-refractivity contribution in [1.82, 2.24) is 0 Å². The fourth-order valence-electron chi connectivity index (χ4n) is 2.29. The first-order valence-electron chi connectivity index (χ1n) is 7.76. The van der Waals surface area contributed by atoms with E-state index in [9.17, 15) is 4.79 Å². The molecule has 112 valence electrons. The van der Waals surface area contributed by atoms with E-state index in [0.29, 0.717) is 12.2 Å². The summed E-state index contributed by atoms with van der Waals surface area (Å²) in [6.45, 7) is 4.50. The van der Waals surface area contributed by atoms with Crippen LogP contribution in [0.4, 0.5) is 0 Å². The number of unbranched alkanes of at least 4 members (excludes halogenated alkanes) is 2. The summed E-state index contributed by atoms with van der Waals surface area (Å²) in [6, 6.07) is 7.97. The van der Waals surface area contributed by atoms with Crippen molar-refractivity contribution in [1.29, 1.82) is 0 Å². The van der Waals surface area contributed by atoms with Crippen molar-refractivity contribution in [2.24, 2.45) is 5.92 Å². The number of rotatable bonds is 10. The Balaban J connectivity index is 2.16. The lowest BCUT2D eigenvalue weighted by Gasteiger charge is -2.05. The van der Waals surface area contributed by atoms with Gasteiger partial charge in [0.05, 0.1) is 7.11 Å². The van der Waals surface area contributed by atoms with Gasteiger partial charge in [0.15, 0.2) is 0 Å². The van der Waals surface area contributed by atoms with Gasteiger partial charge in [0.1, 0.15) is 11.5 Å². The highest BCUT2D eigenvalue weighted by molar-refractivity contribution is 5.78. The summed E-state index contributed by atoms with van der Waals surface area (Å²) in [4.78, 5) is 11.8. The number of aryl methyl sites for hydroxylation is 1. The number of Topliss-reactive ketones (excluding diaryl/α,β-unsaturated/α-hetero) is 1. The van der Waals surface area contributed by atoms with E-state index in [1.165, 1.54) is 24.8 Å². The second-order valence-corrected chi connectivity index (χ2v) is 5.88. The predicted molar refractivity (Wildman–Crippen MR) is 84.2 cm³/mol. The molecular weight excluding hydrogens is 248 g/mol. The van der Waals surface area contributed by atoms with Crippen LogP contribution in [0.5, 0.6) is 5.75 Å². The monoisotopic (exact) mass is 276 g/mol. The van der Waals surface area contributed by atoms with E-state index < -0.39 is 0 Å². The Morgan fingerprint density at radius 1 is 1.15 bits per heavy atom. The molecule has 0 aliphatic carbocycles. The van der Waals surface area contributed by atoms with Crippen molar-refractivity contribution in [2.75, 3.05) is 7.11 Å². The van der Waals surface area contributed by atoms with Crippen molar-refractivity contribution in [3.63, 3.8) is 0 Å². The molecule has 0 N–H and O–H groups in total. The Morgan fingerprint density at radius 3 is 2.65 bits per heavy atom. The van der Waals surface area contributed by atoms with Crippen LogP contribution in [0, 0.1) is 5.92 Å². The van der Waals surface area contributed by atoms with E-state index in [1.54, 1.807) is 7.11 Å². The molecule has 0 radical (unpaired) electrons. The zero-order valence-corrected chi connectivity index (χ0v) is 13.2. The van der Waals surface area contributed by atoms with Gasteiger partial charge in [0.2, 0.25) is 0 Å². The minimum atomic E-state index is 0.386. The topological polar surface area (TPSA) is 26.3 Å². The highest BCUT2D eigenvalue weighted by atomic mass is 16.5. The van der Waals surface area contributed by atoms with Gasteiger partial charge in [-0.3, -0.25) is 4.79 Å². The lowest BCUT2D eigenvalue weighted by atomic mass is 10.0. The molecule has 0 aliphatic rings. The summed E-state index contributed by atoms with van der Waals surface area (Å²) in [5, 5.41) is 0. The van der Waals surface area contributed by atoms with Gasteiger partial charge in [0, 0.05) is 12.8 Å². The molecule has 2 nitrogen and oxygen atoms in total. The molecule has 0 saturated carbocycles. The van der Waals surface area contributed by atoms with Crippen LogP contribution >= 0.6 is 0 Å². The number of methoxy groups -OCH3 is 1. The van der Waals surface area contributed by atoms with Gasteiger partial charge in [-0.05, 0) is 36.5 Å². The zero-order valence-electron chi connectivity index (χ0n) is 13.2. The van der Waals surface area contributed by atoms with E-state index in [1.807, 2.05) is 18.2 Å². The maximum atomic E-state index is 11.8. The van der Waals surface area contributed by atoms with E-state index >= 15 is 0 Å². The quantitative estimate of drug-likeness (QED) is 0.574. The first-order valence-corrected chi connectivity index (χ1v) is 7.76. The third-order valence-electron chi connectivity index (χ3n) is 3.56. The Kier molecular flexibility index (Phi) is 8.01. The van der Waals surface area contributed by atoms with Gasteiger partial charge in [0.25, 0.3) is 0 Å². The van der Waals surface area contributed by atoms with Crippen molar-refractivity contribution in [3.8, 4) is 5.75 Å². The Labute approximate surface area is 123 Å². The summed E-state index contributed by atoms with van der Waals surface area (Å²) < 4.78 is 5.19. The van der Waals surface area contributed by atoms with Crippen LogP contribution in [0.1, 0.15) is 57.9 Å². The van der Waals surface area contributed by atoms with Crippen molar-refractivity contribution < 1.29 is 9.53 Å². The molecule has 1 rings (SSSR count). The average molecular weight is 276 g/mol. The SMILES string of the molecule is COc1cccc(CCC(=O)CCCCCC(C)C)c1. The van der Waals surface area contributed by atoms with Crippen LogP contribution < -0.4 is 4.74 Å². The van der Waals surface area contributed by atoms with Gasteiger partial charge in [-0.15, -0.1) is 0 Å². The third kappa shape index (κ3) is 7.32. The van der Waals surface area contributed by atoms with Crippen molar-refractivity contribution in [3.05, 3.63) is 29.8 Å². The standard InChI is InChI=1S/C18H28O2/c1-15(2)8-5-4-6-10-17(19)13-12-16-9-7-11-18(14-16)20-3/h7,9,11,14-15H,4-6,8,10,12-13H2,1-3H3. The van der Waals surface area contributed by atoms with E-state index in [4.69, 9.17) is 4.74 Å². The first kappa shape index (κ1) is 16.7. The molecule has 1 aromatic rings. The van der Waals surface area contributed by atoms with Gasteiger partial charge in [-0.2, -0.15) is 0 Å². The van der Waals surface area contributed by atoms with Gasteiger partial charge in [-0.1, -0.05) is 45.2 Å². The summed E-state index contributed by atoms with van der Waals surface area (Å²) in [5.41, 5.74) is 1.18. The highest BCUT2D eigenvalue weighted by Gasteiger charge is 2.04. The van der Waals surface area contributed by atoms with Gasteiger partial charge >= 0.3 is 0 Å². The second-order valence-electron chi connectivity index (χ2n) is 5.88. The summed E-state index contributed by atoms with van der Waals surface area (Å²) in [6.07, 6.45) is 6.97. The zero-order chi connectivity index (χ0) is 14.8. The summed E-state index contributed by atoms with van der Waals surface area (Å²) >= 11 is 0. The molecule has 0 spiro atoms. The normalized spacial score (nSPS) is 10.8. The highest BCUT2D eigenvalue weighted by Crippen LogP contribution is 2.15. The molecule has 0 aromatic heterocycles. The molecule has 0 heterocycles. The van der Waals surface area contributed by atoms with E-state index in [2.05, 4.69) is 19.9 Å². The van der Waals surface area contributed by atoms with Crippen LogP contribution in [-0.2, 0) is 11.2 Å². The molecule has 0 unspecified atom stereocenters. The predicted octanol–water partition coefficient (Wildman–Crippen LogP) is 4.80. The number of ether oxygens (including phenoxy) is 1. The fraction of sp³-hybridized carbons (Fsp3) is 0.611. The minimum absolute atomic E-state index is 0.386. The van der Waals surface area contributed by atoms with Crippen molar-refractivity contribution in [2.45, 2.75) is 58.8 Å². The Morgan fingerprint density at radius 2 is 1.95 bits per heavy atom. The van der Waals surface area contributed by atoms with Crippen LogP contribution in [0.15, 0.2) is 24.3 Å². The molecule has 0 fully saturated rings. The van der Waals surface area contributed by atoms with Gasteiger partial charge < -0.3 is 4.74 Å². The Hall–Kier alpha value is -1.31. The molecule has 1 aromatic carbocycles. The summed E-state index contributed by atoms with van der Waals surface area (Å²) in [5.74, 6) is 2.03. The largest absolute Gasteiger partial charge is 0.497 e.